The highest BCUT2D eigenvalue weighted by Crippen LogP contribution is 2.65. The number of halogens is 19. The fraction of sp³-hybridized carbons (Fsp3) is 1.00. The smallest absolute Gasteiger partial charge is 0.244 e. The highest BCUT2D eigenvalue weighted by Gasteiger charge is 2.67. The Hall–Kier alpha value is -1.33. The van der Waals surface area contributed by atoms with E-state index >= 15 is 0 Å². The van der Waals surface area contributed by atoms with Crippen molar-refractivity contribution < 1.29 is 83.4 Å². The van der Waals surface area contributed by atoms with Gasteiger partial charge in [-0.25, -0.2) is 4.39 Å². The molecule has 3 fully saturated rings. The van der Waals surface area contributed by atoms with Crippen LogP contribution in [0.1, 0.15) is 362 Å². The molecule has 0 nitrogen and oxygen atoms in total. The second kappa shape index (κ2) is 38.8. The van der Waals surface area contributed by atoms with Gasteiger partial charge in [-0.15, -0.1) is 0 Å². The van der Waals surface area contributed by atoms with Crippen LogP contribution in [0.4, 0.5) is 83.4 Å². The summed E-state index contributed by atoms with van der Waals surface area (Å²) in [6.45, 7) is 55.3. The molecule has 0 radical (unpaired) electrons. The van der Waals surface area contributed by atoms with Crippen molar-refractivity contribution in [1.82, 2.24) is 0 Å². The van der Waals surface area contributed by atoms with Crippen molar-refractivity contribution in [3.8, 4) is 0 Å². The Balaban J connectivity index is -0.000000330. The van der Waals surface area contributed by atoms with Gasteiger partial charge >= 0.3 is 37.1 Å². The first-order valence-electron chi connectivity index (χ1n) is 35.9. The molecule has 0 aromatic heterocycles. The lowest BCUT2D eigenvalue weighted by Gasteiger charge is -2.57. The molecule has 0 atom stereocenters. The Morgan fingerprint density at radius 1 is 0.295 bits per heavy atom. The number of alkyl halides is 19. The van der Waals surface area contributed by atoms with Gasteiger partial charge in [-0.05, 0) is 167 Å². The van der Waals surface area contributed by atoms with Gasteiger partial charge in [0, 0.05) is 0 Å². The van der Waals surface area contributed by atoms with E-state index in [0.29, 0.717) is 87.9 Å². The summed E-state index contributed by atoms with van der Waals surface area (Å²) in [5, 5.41) is 0. The van der Waals surface area contributed by atoms with E-state index in [-0.39, 0.29) is 54.8 Å². The first-order chi connectivity index (χ1) is 41.8. The second-order valence-electron chi connectivity index (χ2n) is 34.2. The van der Waals surface area contributed by atoms with E-state index in [1.54, 1.807) is 62.3 Å². The molecule has 3 aliphatic rings. The van der Waals surface area contributed by atoms with Crippen LogP contribution in [0.15, 0.2) is 0 Å². The molecular weight excluding hydrogens is 1270 g/mol. The highest BCUT2D eigenvalue weighted by molar-refractivity contribution is 5.05. The summed E-state index contributed by atoms with van der Waals surface area (Å²) >= 11 is 0. The SMILES string of the molecule is CC(C)(C)C.CC(C)C(C)(C(C)C)C(F)(F)F.CC1(C(F)(F)F)CCCCC1.CC1(C)CCC(C)(C(F)(F)F)CC1.CC1(C)CCC(C)(F)CC1.CCC(C)(CC)C(C)(C(F)(F)F)C(C)(CC)CC.CCC(C)(CC)C(F)(F)F.CCC(CC)C(C)(C(CC)CC)C(F)(F)F. The number of hydrogen-bond acceptors (Lipinski definition) is 0. The standard InChI is InChI=1S/C15H29F3.C13H25F3.C10H17F3.C9H17F3.C9H17F.C8H13F3.C7H13F3.C5H12/c1-8-12(5,9-2)14(7,15(16,17)18)13(6,10-3)11-4;1-6-10(7-2)12(5,13(14,15)16)11(8-3)9-4;1-8(2)4-6-9(3,7-5-8)10(11,12)13;1-6(2)8(5,7(3)4)9(10,11)12;1-8(2)4-6-9(3,10)7-5-8;1-7(8(9,10)11)5-3-2-4-6-7;1-4-6(3,5-2)7(8,9)10;1-5(2,3)4/h8-11H2,1-7H3;10-11H,6-9H2,1-5H3;4-7H2,1-3H3;6-7H,1-5H3;4-7H2,1-3H3;2-6H2,1H3;4-5H2,1-3H3;1-4H3. The Labute approximate surface area is 569 Å². The van der Waals surface area contributed by atoms with E-state index < -0.39 is 86.0 Å². The minimum absolute atomic E-state index is 0.102. The lowest BCUT2D eigenvalue weighted by atomic mass is 9.49. The Bertz CT molecular complexity index is 1910. The molecule has 0 amide bonds. The topological polar surface area (TPSA) is 0 Å². The maximum atomic E-state index is 13.8. The zero-order valence-corrected chi connectivity index (χ0v) is 65.8. The van der Waals surface area contributed by atoms with Crippen LogP contribution >= 0.6 is 0 Å². The summed E-state index contributed by atoms with van der Waals surface area (Å²) in [6, 6.07) is 0. The van der Waals surface area contributed by atoms with E-state index in [1.165, 1.54) is 41.5 Å². The summed E-state index contributed by atoms with van der Waals surface area (Å²) in [5.74, 6) is -1.29. The van der Waals surface area contributed by atoms with Crippen LogP contribution in [-0.2, 0) is 0 Å². The molecule has 3 aliphatic carbocycles. The third-order valence-corrected chi connectivity index (χ3v) is 24.3. The molecule has 19 heteroatoms. The Morgan fingerprint density at radius 2 is 0.526 bits per heavy atom. The summed E-state index contributed by atoms with van der Waals surface area (Å²) in [6.07, 6.45) is -10.9. The molecule has 3 rings (SSSR count). The molecule has 3 saturated carbocycles. The van der Waals surface area contributed by atoms with E-state index in [1.807, 2.05) is 69.2 Å². The molecule has 0 bridgehead atoms. The molecule has 0 aromatic carbocycles. The van der Waals surface area contributed by atoms with Gasteiger partial charge < -0.3 is 0 Å². The fourth-order valence-corrected chi connectivity index (χ4v) is 13.2. The molecule has 0 spiro atoms. The molecule has 0 aromatic rings. The van der Waals surface area contributed by atoms with Crippen LogP contribution in [0.3, 0.4) is 0 Å². The first kappa shape index (κ1) is 102. The van der Waals surface area contributed by atoms with E-state index in [0.717, 1.165) is 44.9 Å². The van der Waals surface area contributed by atoms with Crippen LogP contribution in [0, 0.1) is 83.2 Å². The van der Waals surface area contributed by atoms with Crippen molar-refractivity contribution in [3.05, 3.63) is 0 Å². The summed E-state index contributed by atoms with van der Waals surface area (Å²) in [5.41, 5.74) is -10.3. The van der Waals surface area contributed by atoms with Crippen LogP contribution < -0.4 is 0 Å². The molecule has 95 heavy (non-hydrogen) atoms. The maximum absolute atomic E-state index is 13.8. The summed E-state index contributed by atoms with van der Waals surface area (Å²) in [4.78, 5) is 0. The van der Waals surface area contributed by atoms with Gasteiger partial charge in [0.15, 0.2) is 0 Å². The van der Waals surface area contributed by atoms with Gasteiger partial charge in [0.1, 0.15) is 5.67 Å². The third kappa shape index (κ3) is 30.3. The van der Waals surface area contributed by atoms with Crippen molar-refractivity contribution in [1.29, 1.82) is 0 Å². The maximum Gasteiger partial charge on any atom is 0.395 e. The molecule has 580 valence electrons. The van der Waals surface area contributed by atoms with E-state index in [2.05, 4.69) is 41.5 Å². The molecular formula is C76H143F19. The predicted octanol–water partition coefficient (Wildman–Crippen LogP) is 31.9. The van der Waals surface area contributed by atoms with Gasteiger partial charge in [-0.1, -0.05) is 246 Å². The minimum atomic E-state index is -4.17. The molecule has 0 heterocycles. The van der Waals surface area contributed by atoms with Crippen molar-refractivity contribution in [2.24, 2.45) is 83.2 Å². The third-order valence-electron chi connectivity index (χ3n) is 24.3. The lowest BCUT2D eigenvalue weighted by molar-refractivity contribution is -0.301. The van der Waals surface area contributed by atoms with Crippen molar-refractivity contribution >= 4 is 0 Å². The number of hydrogen-bond donors (Lipinski definition) is 0. The van der Waals surface area contributed by atoms with Crippen molar-refractivity contribution in [2.45, 2.75) is 405 Å². The summed E-state index contributed by atoms with van der Waals surface area (Å²) < 4.78 is 244. The minimum Gasteiger partial charge on any atom is -0.244 e. The normalized spacial score (nSPS) is 18.9. The highest BCUT2D eigenvalue weighted by atomic mass is 19.4. The van der Waals surface area contributed by atoms with Crippen LogP contribution in [0.25, 0.3) is 0 Å². The van der Waals surface area contributed by atoms with E-state index in [9.17, 15) is 83.4 Å². The second-order valence-corrected chi connectivity index (χ2v) is 34.2. The lowest BCUT2D eigenvalue weighted by Crippen LogP contribution is -2.57. The van der Waals surface area contributed by atoms with Gasteiger partial charge in [-0.2, -0.15) is 79.0 Å². The average Bonchev–Trinajstić information content (AvgIpc) is 0.724. The van der Waals surface area contributed by atoms with Crippen LogP contribution in [-0.4, -0.2) is 42.7 Å². The summed E-state index contributed by atoms with van der Waals surface area (Å²) in [7, 11) is 0. The molecule has 0 aliphatic heterocycles. The zero-order valence-electron chi connectivity index (χ0n) is 65.8. The predicted molar refractivity (Wildman–Crippen MR) is 363 cm³/mol. The first-order valence-corrected chi connectivity index (χ1v) is 35.9. The van der Waals surface area contributed by atoms with Gasteiger partial charge in [0.05, 0.1) is 32.5 Å². The van der Waals surface area contributed by atoms with Crippen LogP contribution in [0.2, 0.25) is 0 Å². The van der Waals surface area contributed by atoms with Crippen LogP contribution in [0.5, 0.6) is 0 Å². The molecule has 0 saturated heterocycles. The monoisotopic (exact) mass is 1420 g/mol. The van der Waals surface area contributed by atoms with Crippen molar-refractivity contribution in [3.63, 3.8) is 0 Å². The largest absolute Gasteiger partial charge is 0.395 e. The van der Waals surface area contributed by atoms with Gasteiger partial charge in [0.25, 0.3) is 0 Å². The Morgan fingerprint density at radius 3 is 0.663 bits per heavy atom. The fourth-order valence-electron chi connectivity index (χ4n) is 13.2. The molecule has 0 N–H and O–H groups in total. The van der Waals surface area contributed by atoms with Crippen molar-refractivity contribution in [2.75, 3.05) is 0 Å². The van der Waals surface area contributed by atoms with E-state index in [4.69, 9.17) is 0 Å². The molecule has 0 unspecified atom stereocenters. The average molecular weight is 1420 g/mol. The van der Waals surface area contributed by atoms with Gasteiger partial charge in [-0.3, -0.25) is 0 Å². The quantitative estimate of drug-likeness (QED) is 0.135. The zero-order chi connectivity index (χ0) is 77.6. The van der Waals surface area contributed by atoms with Gasteiger partial charge in [0.2, 0.25) is 0 Å². The Kier molecular flexibility index (Phi) is 41.8. The number of rotatable bonds is 16.